The zero-order chi connectivity index (χ0) is 14.0. The van der Waals surface area contributed by atoms with Crippen molar-refractivity contribution in [1.29, 1.82) is 0 Å². The van der Waals surface area contributed by atoms with Crippen LogP contribution in [0.4, 0.5) is 0 Å². The Balaban J connectivity index is 2.01. The van der Waals surface area contributed by atoms with Gasteiger partial charge in [-0.3, -0.25) is 0 Å². The Labute approximate surface area is 119 Å². The topological polar surface area (TPSA) is 59.1 Å². The molecule has 0 radical (unpaired) electrons. The first-order chi connectivity index (χ1) is 8.87. The molecule has 1 aromatic rings. The lowest BCUT2D eigenvalue weighted by molar-refractivity contribution is 0.554. The summed E-state index contributed by atoms with van der Waals surface area (Å²) in [5.74, 6) is 1.34. The molecule has 1 N–H and O–H groups in total. The Morgan fingerprint density at radius 1 is 1.47 bits per heavy atom. The van der Waals surface area contributed by atoms with Gasteiger partial charge in [-0.05, 0) is 25.8 Å². The van der Waals surface area contributed by atoms with E-state index in [0.29, 0.717) is 11.7 Å². The van der Waals surface area contributed by atoms with E-state index in [1.165, 1.54) is 4.88 Å². The summed E-state index contributed by atoms with van der Waals surface area (Å²) in [5, 5.41) is 4.41. The van der Waals surface area contributed by atoms with Crippen LogP contribution in [0.5, 0.6) is 0 Å². The molecule has 0 amide bonds. The number of rotatable bonds is 5. The summed E-state index contributed by atoms with van der Waals surface area (Å²) in [4.78, 5) is 5.81. The van der Waals surface area contributed by atoms with E-state index in [2.05, 4.69) is 24.1 Å². The minimum absolute atomic E-state index is 0.118. The standard InChI is InChI=1S/C13H22N2O2S2/c1-9(2)6-14-7-12-10(3)15-13(18-12)11-4-5-19(16,17)8-11/h9,11,14H,4-8H2,1-3H3. The van der Waals surface area contributed by atoms with Gasteiger partial charge >= 0.3 is 0 Å². The number of sulfone groups is 1. The second kappa shape index (κ2) is 5.89. The van der Waals surface area contributed by atoms with E-state index in [9.17, 15) is 8.42 Å². The van der Waals surface area contributed by atoms with Crippen molar-refractivity contribution in [3.63, 3.8) is 0 Å². The van der Waals surface area contributed by atoms with E-state index in [-0.39, 0.29) is 11.7 Å². The highest BCUT2D eigenvalue weighted by molar-refractivity contribution is 7.91. The molecule has 0 bridgehead atoms. The average Bonchev–Trinajstić information content (AvgIpc) is 2.82. The van der Waals surface area contributed by atoms with Crippen LogP contribution in [0.15, 0.2) is 0 Å². The Kier molecular flexibility index (Phi) is 4.63. The molecule has 0 aromatic carbocycles. The number of nitrogens with zero attached hydrogens (tertiary/aromatic N) is 1. The zero-order valence-corrected chi connectivity index (χ0v) is 13.4. The van der Waals surface area contributed by atoms with Crippen LogP contribution in [0, 0.1) is 12.8 Å². The first-order valence-electron chi connectivity index (χ1n) is 6.74. The van der Waals surface area contributed by atoms with E-state index >= 15 is 0 Å². The molecule has 2 rings (SSSR count). The number of hydrogen-bond donors (Lipinski definition) is 1. The molecule has 1 fully saturated rings. The maximum Gasteiger partial charge on any atom is 0.151 e. The van der Waals surface area contributed by atoms with Gasteiger partial charge in [-0.2, -0.15) is 0 Å². The van der Waals surface area contributed by atoms with E-state index < -0.39 is 9.84 Å². The molecule has 1 saturated heterocycles. The quantitative estimate of drug-likeness (QED) is 0.905. The van der Waals surface area contributed by atoms with Crippen LogP contribution in [0.3, 0.4) is 0 Å². The molecule has 19 heavy (non-hydrogen) atoms. The summed E-state index contributed by atoms with van der Waals surface area (Å²) in [6.07, 6.45) is 0.730. The predicted octanol–water partition coefficient (Wildman–Crippen LogP) is 2.10. The summed E-state index contributed by atoms with van der Waals surface area (Å²) in [7, 11) is -2.82. The summed E-state index contributed by atoms with van der Waals surface area (Å²) >= 11 is 1.67. The lowest BCUT2D eigenvalue weighted by atomic mass is 10.1. The van der Waals surface area contributed by atoms with Crippen LogP contribution in [-0.4, -0.2) is 31.5 Å². The van der Waals surface area contributed by atoms with Gasteiger partial charge in [0.05, 0.1) is 22.2 Å². The van der Waals surface area contributed by atoms with Gasteiger partial charge < -0.3 is 5.32 Å². The smallest absolute Gasteiger partial charge is 0.151 e. The second-order valence-corrected chi connectivity index (χ2v) is 9.03. The number of nitrogens with one attached hydrogen (secondary N) is 1. The summed E-state index contributed by atoms with van der Waals surface area (Å²) in [6, 6.07) is 0. The van der Waals surface area contributed by atoms with Gasteiger partial charge in [-0.15, -0.1) is 11.3 Å². The van der Waals surface area contributed by atoms with Crippen LogP contribution in [0.25, 0.3) is 0 Å². The monoisotopic (exact) mass is 302 g/mol. The normalized spacial score (nSPS) is 22.2. The van der Waals surface area contributed by atoms with Crippen molar-refractivity contribution < 1.29 is 8.42 Å². The van der Waals surface area contributed by atoms with Gasteiger partial charge in [0.15, 0.2) is 9.84 Å². The van der Waals surface area contributed by atoms with Crippen molar-refractivity contribution in [2.75, 3.05) is 18.1 Å². The first-order valence-corrected chi connectivity index (χ1v) is 9.38. The second-order valence-electron chi connectivity index (χ2n) is 5.69. The van der Waals surface area contributed by atoms with Crippen LogP contribution in [0.1, 0.15) is 41.8 Å². The molecule has 1 aliphatic heterocycles. The van der Waals surface area contributed by atoms with Gasteiger partial charge in [0.2, 0.25) is 0 Å². The lowest BCUT2D eigenvalue weighted by Crippen LogP contribution is -2.18. The van der Waals surface area contributed by atoms with Gasteiger partial charge in [-0.25, -0.2) is 13.4 Å². The summed E-state index contributed by atoms with van der Waals surface area (Å²) in [5.41, 5.74) is 1.04. The van der Waals surface area contributed by atoms with Crippen molar-refractivity contribution >= 4 is 21.2 Å². The molecular weight excluding hydrogens is 280 g/mol. The predicted molar refractivity (Wildman–Crippen MR) is 79.4 cm³/mol. The number of thiazole rings is 1. The number of hydrogen-bond acceptors (Lipinski definition) is 5. The van der Waals surface area contributed by atoms with Crippen molar-refractivity contribution in [2.24, 2.45) is 5.92 Å². The molecule has 1 atom stereocenters. The maximum absolute atomic E-state index is 11.5. The van der Waals surface area contributed by atoms with E-state index in [1.807, 2.05) is 6.92 Å². The van der Waals surface area contributed by atoms with Crippen molar-refractivity contribution in [1.82, 2.24) is 10.3 Å². The van der Waals surface area contributed by atoms with Crippen molar-refractivity contribution in [3.05, 3.63) is 15.6 Å². The molecule has 1 unspecified atom stereocenters. The molecule has 1 aliphatic rings. The minimum atomic E-state index is -2.82. The summed E-state index contributed by atoms with van der Waals surface area (Å²) < 4.78 is 23.0. The lowest BCUT2D eigenvalue weighted by Gasteiger charge is -2.05. The van der Waals surface area contributed by atoms with Gasteiger partial charge in [-0.1, -0.05) is 13.8 Å². The first kappa shape index (κ1) is 14.9. The van der Waals surface area contributed by atoms with Crippen LogP contribution < -0.4 is 5.32 Å². The Bertz CT molecular complexity index is 535. The fourth-order valence-corrected chi connectivity index (χ4v) is 5.28. The van der Waals surface area contributed by atoms with Gasteiger partial charge in [0.25, 0.3) is 0 Å². The molecule has 1 aromatic heterocycles. The molecular formula is C13H22N2O2S2. The Hall–Kier alpha value is -0.460. The highest BCUT2D eigenvalue weighted by Crippen LogP contribution is 2.32. The van der Waals surface area contributed by atoms with Gasteiger partial charge in [0.1, 0.15) is 0 Å². The number of aromatic nitrogens is 1. The highest BCUT2D eigenvalue weighted by atomic mass is 32.2. The van der Waals surface area contributed by atoms with Gasteiger partial charge in [0, 0.05) is 17.3 Å². The van der Waals surface area contributed by atoms with E-state index in [0.717, 1.165) is 30.2 Å². The molecule has 6 heteroatoms. The van der Waals surface area contributed by atoms with E-state index in [1.54, 1.807) is 11.3 Å². The van der Waals surface area contributed by atoms with Crippen LogP contribution in [-0.2, 0) is 16.4 Å². The maximum atomic E-state index is 11.5. The average molecular weight is 302 g/mol. The third kappa shape index (κ3) is 4.00. The van der Waals surface area contributed by atoms with Crippen molar-refractivity contribution in [2.45, 2.75) is 39.7 Å². The zero-order valence-electron chi connectivity index (χ0n) is 11.8. The molecule has 4 nitrogen and oxygen atoms in total. The third-order valence-electron chi connectivity index (χ3n) is 3.33. The van der Waals surface area contributed by atoms with Crippen LogP contribution >= 0.6 is 11.3 Å². The van der Waals surface area contributed by atoms with Crippen LogP contribution in [0.2, 0.25) is 0 Å². The van der Waals surface area contributed by atoms with E-state index in [4.69, 9.17) is 0 Å². The fraction of sp³-hybridized carbons (Fsp3) is 0.769. The molecule has 0 aliphatic carbocycles. The number of aryl methyl sites for hydroxylation is 1. The fourth-order valence-electron chi connectivity index (χ4n) is 2.25. The molecule has 0 saturated carbocycles. The minimum Gasteiger partial charge on any atom is -0.312 e. The molecule has 2 heterocycles. The molecule has 0 spiro atoms. The SMILES string of the molecule is Cc1nc(C2CCS(=O)(=O)C2)sc1CNCC(C)C. The third-order valence-corrected chi connectivity index (χ3v) is 6.42. The molecule has 108 valence electrons. The summed E-state index contributed by atoms with van der Waals surface area (Å²) in [6.45, 7) is 8.20. The largest absolute Gasteiger partial charge is 0.312 e. The highest BCUT2D eigenvalue weighted by Gasteiger charge is 2.31. The Morgan fingerprint density at radius 2 is 2.21 bits per heavy atom. The Morgan fingerprint density at radius 3 is 2.79 bits per heavy atom. The van der Waals surface area contributed by atoms with Crippen molar-refractivity contribution in [3.8, 4) is 0 Å².